The van der Waals surface area contributed by atoms with Gasteiger partial charge in [0.2, 0.25) is 0 Å². The maximum absolute atomic E-state index is 12.8. The van der Waals surface area contributed by atoms with Crippen molar-refractivity contribution in [3.8, 4) is 0 Å². The summed E-state index contributed by atoms with van der Waals surface area (Å²) in [4.78, 5) is 7.97. The molecule has 3 heterocycles. The van der Waals surface area contributed by atoms with Crippen molar-refractivity contribution in [3.05, 3.63) is 23.9 Å². The average Bonchev–Trinajstić information content (AvgIpc) is 2.87. The van der Waals surface area contributed by atoms with Gasteiger partial charge in [0.05, 0.1) is 17.1 Å². The zero-order valence-electron chi connectivity index (χ0n) is 12.5. The lowest BCUT2D eigenvalue weighted by Gasteiger charge is -2.38. The smallest absolute Gasteiger partial charge is 0.354 e. The van der Waals surface area contributed by atoms with Gasteiger partial charge in [-0.05, 0) is 18.6 Å². The summed E-state index contributed by atoms with van der Waals surface area (Å²) < 4.78 is 61.4. The van der Waals surface area contributed by atoms with Gasteiger partial charge in [0.15, 0.2) is 9.84 Å². The molecular formula is C14H18F3N3O2S. The molecule has 0 unspecified atom stereocenters. The van der Waals surface area contributed by atoms with Crippen LogP contribution in [0, 0.1) is 0 Å². The summed E-state index contributed by atoms with van der Waals surface area (Å²) in [6, 6.07) is 2.07. The van der Waals surface area contributed by atoms with Crippen molar-refractivity contribution in [1.82, 2.24) is 9.88 Å². The van der Waals surface area contributed by atoms with Crippen LogP contribution in [0.25, 0.3) is 0 Å². The fraction of sp³-hybridized carbons (Fsp3) is 0.643. The highest BCUT2D eigenvalue weighted by Crippen LogP contribution is 2.31. The highest BCUT2D eigenvalue weighted by atomic mass is 32.2. The van der Waals surface area contributed by atoms with E-state index < -0.39 is 21.6 Å². The Kier molecular flexibility index (Phi) is 4.26. The third-order valence-corrected chi connectivity index (χ3v) is 6.19. The second-order valence-electron chi connectivity index (χ2n) is 5.98. The van der Waals surface area contributed by atoms with Gasteiger partial charge in [-0.15, -0.1) is 0 Å². The number of rotatable bonds is 2. The van der Waals surface area contributed by atoms with Crippen molar-refractivity contribution in [3.63, 3.8) is 0 Å². The van der Waals surface area contributed by atoms with Crippen LogP contribution in [-0.4, -0.2) is 62.0 Å². The maximum Gasteiger partial charge on any atom is 0.416 e. The highest BCUT2D eigenvalue weighted by molar-refractivity contribution is 7.91. The molecule has 3 rings (SSSR count). The quantitative estimate of drug-likeness (QED) is 0.808. The van der Waals surface area contributed by atoms with E-state index in [2.05, 4.69) is 9.88 Å². The standard InChI is InChI=1S/C14H18F3N3O2S/c15-14(16,17)11-1-3-18-13(9-11)20-6-4-19(5-7-20)12-2-8-23(21,22)10-12/h1,3,9,12H,2,4-8,10H2/t12-/m0/s1. The van der Waals surface area contributed by atoms with Crippen molar-refractivity contribution in [2.45, 2.75) is 18.6 Å². The Bertz CT molecular complexity index is 670. The van der Waals surface area contributed by atoms with Crippen LogP contribution >= 0.6 is 0 Å². The summed E-state index contributed by atoms with van der Waals surface area (Å²) in [6.07, 6.45) is -2.56. The summed E-state index contributed by atoms with van der Waals surface area (Å²) in [6.45, 7) is 2.37. The van der Waals surface area contributed by atoms with Crippen LogP contribution in [-0.2, 0) is 16.0 Å². The van der Waals surface area contributed by atoms with E-state index in [9.17, 15) is 21.6 Å². The number of nitrogens with zero attached hydrogens (tertiary/aromatic N) is 3. The van der Waals surface area contributed by atoms with Crippen molar-refractivity contribution < 1.29 is 21.6 Å². The number of sulfone groups is 1. The van der Waals surface area contributed by atoms with Crippen LogP contribution in [0.15, 0.2) is 18.3 Å². The monoisotopic (exact) mass is 349 g/mol. The van der Waals surface area contributed by atoms with E-state index in [1.807, 2.05) is 4.90 Å². The average molecular weight is 349 g/mol. The largest absolute Gasteiger partial charge is 0.416 e. The molecule has 1 aromatic rings. The van der Waals surface area contributed by atoms with E-state index in [0.29, 0.717) is 38.4 Å². The second-order valence-corrected chi connectivity index (χ2v) is 8.21. The number of hydrogen-bond acceptors (Lipinski definition) is 5. The summed E-state index contributed by atoms with van der Waals surface area (Å²) >= 11 is 0. The number of aromatic nitrogens is 1. The normalized spacial score (nSPS) is 25.7. The minimum absolute atomic E-state index is 0.0385. The lowest BCUT2D eigenvalue weighted by atomic mass is 10.2. The first-order valence-corrected chi connectivity index (χ1v) is 9.29. The number of hydrogen-bond donors (Lipinski definition) is 0. The highest BCUT2D eigenvalue weighted by Gasteiger charge is 2.34. The van der Waals surface area contributed by atoms with Gasteiger partial charge in [0.1, 0.15) is 5.82 Å². The molecule has 9 heteroatoms. The summed E-state index contributed by atoms with van der Waals surface area (Å²) in [5.74, 6) is 0.737. The van der Waals surface area contributed by atoms with Crippen LogP contribution in [0.5, 0.6) is 0 Å². The molecule has 0 spiro atoms. The van der Waals surface area contributed by atoms with E-state index in [4.69, 9.17) is 0 Å². The molecule has 0 aliphatic carbocycles. The van der Waals surface area contributed by atoms with Crippen LogP contribution in [0.2, 0.25) is 0 Å². The van der Waals surface area contributed by atoms with Crippen LogP contribution < -0.4 is 4.90 Å². The zero-order valence-corrected chi connectivity index (χ0v) is 13.3. The van der Waals surface area contributed by atoms with Crippen molar-refractivity contribution in [2.75, 3.05) is 42.6 Å². The number of halogens is 3. The first-order valence-electron chi connectivity index (χ1n) is 7.47. The molecule has 2 fully saturated rings. The number of pyridine rings is 1. The van der Waals surface area contributed by atoms with Crippen LogP contribution in [0.4, 0.5) is 19.0 Å². The summed E-state index contributed by atoms with van der Waals surface area (Å²) in [5.41, 5.74) is -0.702. The fourth-order valence-corrected chi connectivity index (χ4v) is 4.91. The van der Waals surface area contributed by atoms with Crippen LogP contribution in [0.3, 0.4) is 0 Å². The minimum Gasteiger partial charge on any atom is -0.354 e. The molecular weight excluding hydrogens is 331 g/mol. The van der Waals surface area contributed by atoms with E-state index in [1.54, 1.807) is 0 Å². The van der Waals surface area contributed by atoms with Gasteiger partial charge in [-0.25, -0.2) is 13.4 Å². The molecule has 2 aliphatic heterocycles. The Hall–Kier alpha value is -1.35. The molecule has 1 atom stereocenters. The van der Waals surface area contributed by atoms with E-state index in [0.717, 1.165) is 12.1 Å². The van der Waals surface area contributed by atoms with Gasteiger partial charge < -0.3 is 4.90 Å². The molecule has 0 amide bonds. The van der Waals surface area contributed by atoms with Gasteiger partial charge in [-0.1, -0.05) is 0 Å². The van der Waals surface area contributed by atoms with Crippen molar-refractivity contribution in [2.24, 2.45) is 0 Å². The Balaban J connectivity index is 1.63. The Labute approximate surface area is 133 Å². The second kappa shape index (κ2) is 5.94. The molecule has 2 saturated heterocycles. The van der Waals surface area contributed by atoms with Crippen molar-refractivity contribution in [1.29, 1.82) is 0 Å². The summed E-state index contributed by atoms with van der Waals surface area (Å²) in [7, 11) is -2.93. The predicted molar refractivity (Wildman–Crippen MR) is 80.1 cm³/mol. The van der Waals surface area contributed by atoms with Gasteiger partial charge >= 0.3 is 6.18 Å². The first-order chi connectivity index (χ1) is 10.7. The Morgan fingerprint density at radius 2 is 1.87 bits per heavy atom. The lowest BCUT2D eigenvalue weighted by molar-refractivity contribution is -0.137. The maximum atomic E-state index is 12.8. The molecule has 128 valence electrons. The Morgan fingerprint density at radius 1 is 1.17 bits per heavy atom. The molecule has 0 N–H and O–H groups in total. The lowest BCUT2D eigenvalue weighted by Crippen LogP contribution is -2.51. The van der Waals surface area contributed by atoms with Gasteiger partial charge in [-0.2, -0.15) is 13.2 Å². The van der Waals surface area contributed by atoms with E-state index in [1.165, 1.54) is 6.20 Å². The van der Waals surface area contributed by atoms with E-state index >= 15 is 0 Å². The number of alkyl halides is 3. The third-order valence-electron chi connectivity index (χ3n) is 4.44. The minimum atomic E-state index is -4.38. The number of anilines is 1. The van der Waals surface area contributed by atoms with Crippen molar-refractivity contribution >= 4 is 15.7 Å². The third kappa shape index (κ3) is 3.77. The molecule has 1 aromatic heterocycles. The van der Waals surface area contributed by atoms with Gasteiger partial charge in [0, 0.05) is 38.4 Å². The van der Waals surface area contributed by atoms with Gasteiger partial charge in [0.25, 0.3) is 0 Å². The molecule has 2 aliphatic rings. The topological polar surface area (TPSA) is 53.5 Å². The van der Waals surface area contributed by atoms with E-state index in [-0.39, 0.29) is 17.5 Å². The molecule has 0 bridgehead atoms. The molecule has 0 saturated carbocycles. The molecule has 23 heavy (non-hydrogen) atoms. The van der Waals surface area contributed by atoms with Gasteiger partial charge in [-0.3, -0.25) is 4.90 Å². The molecule has 5 nitrogen and oxygen atoms in total. The predicted octanol–water partition coefficient (Wildman–Crippen LogP) is 1.41. The van der Waals surface area contributed by atoms with Crippen LogP contribution in [0.1, 0.15) is 12.0 Å². The first kappa shape index (κ1) is 16.5. The Morgan fingerprint density at radius 3 is 2.43 bits per heavy atom. The molecule has 0 aromatic carbocycles. The number of piperazine rings is 1. The zero-order chi connectivity index (χ0) is 16.7. The SMILES string of the molecule is O=S1(=O)CC[C@H](N2CCN(c3cc(C(F)(F)F)ccn3)CC2)C1. The fourth-order valence-electron chi connectivity index (χ4n) is 3.15. The summed E-state index contributed by atoms with van der Waals surface area (Å²) in [5, 5.41) is 0. The molecule has 0 radical (unpaired) electrons.